The highest BCUT2D eigenvalue weighted by Gasteiger charge is 2.06. The number of nitro groups is 2. The first-order valence-corrected chi connectivity index (χ1v) is 16.9. The zero-order chi connectivity index (χ0) is 34.8. The van der Waals surface area contributed by atoms with Crippen molar-refractivity contribution in [1.29, 1.82) is 0 Å². The molecule has 0 aromatic heterocycles. The predicted octanol–water partition coefficient (Wildman–Crippen LogP) is 13.1. The lowest BCUT2D eigenvalue weighted by Gasteiger charge is -2.07. The standard InChI is InChI=1S/C22H37NO2.C17H29NO2/c1-18(2)10-7-11-19(3)12-8-13-20(4)14-9-15-21(5)16-17-22(6)23(24)25;1-14(2)8-6-9-15(3)10-7-11-16(4)12-13-17(5)18(19)20/h10,12,14,17,21H,7-9,11,13,15-16H2,1-6H3;8,10,13,16H,6-7,9,11-12H2,1-5H3/b19-12+,20-14+,22-17+;15-10+,17-13+. The molecule has 2 atom stereocenters. The summed E-state index contributed by atoms with van der Waals surface area (Å²) in [7, 11) is 0. The summed E-state index contributed by atoms with van der Waals surface area (Å²) in [6.07, 6.45) is 27.7. The van der Waals surface area contributed by atoms with E-state index in [1.807, 2.05) is 0 Å². The molecule has 256 valence electrons. The highest BCUT2D eigenvalue weighted by atomic mass is 16.6. The van der Waals surface area contributed by atoms with Gasteiger partial charge in [-0.1, -0.05) is 72.1 Å². The Morgan fingerprint density at radius 1 is 0.489 bits per heavy atom. The minimum atomic E-state index is -0.319. The highest BCUT2D eigenvalue weighted by molar-refractivity contribution is 5.06. The third kappa shape index (κ3) is 30.8. The monoisotopic (exact) mass is 627 g/mol. The third-order valence-corrected chi connectivity index (χ3v) is 7.73. The lowest BCUT2D eigenvalue weighted by Crippen LogP contribution is -1.97. The van der Waals surface area contributed by atoms with Crippen LogP contribution < -0.4 is 0 Å². The van der Waals surface area contributed by atoms with E-state index in [0.29, 0.717) is 11.8 Å². The van der Waals surface area contributed by atoms with Gasteiger partial charge in [0.05, 0.1) is 9.85 Å². The molecular weight excluding hydrogens is 560 g/mol. The summed E-state index contributed by atoms with van der Waals surface area (Å²) in [6.45, 7) is 22.6. The van der Waals surface area contributed by atoms with Crippen LogP contribution in [-0.4, -0.2) is 9.85 Å². The topological polar surface area (TPSA) is 86.3 Å². The SMILES string of the molecule is CC(C)=CCC/C(C)=C/CC/C(C)=C/CCC(C)C/C=C(\C)[N+](=O)[O-].CC(C)=CCC/C(C)=C/CCC(C)C/C=C(\C)[N+](=O)[O-]. The molecule has 0 aromatic carbocycles. The quantitative estimate of drug-likeness (QED) is 0.0720. The second kappa shape index (κ2) is 27.3. The van der Waals surface area contributed by atoms with Crippen LogP contribution >= 0.6 is 0 Å². The van der Waals surface area contributed by atoms with Gasteiger partial charge in [0.25, 0.3) is 0 Å². The molecule has 0 spiro atoms. The van der Waals surface area contributed by atoms with Gasteiger partial charge in [-0.15, -0.1) is 0 Å². The Kier molecular flexibility index (Phi) is 26.8. The van der Waals surface area contributed by atoms with Gasteiger partial charge in [0.15, 0.2) is 0 Å². The Balaban J connectivity index is 0. The summed E-state index contributed by atoms with van der Waals surface area (Å²) in [5, 5.41) is 21.1. The van der Waals surface area contributed by atoms with Crippen LogP contribution in [-0.2, 0) is 0 Å². The van der Waals surface area contributed by atoms with Crippen molar-refractivity contribution in [2.24, 2.45) is 11.8 Å². The number of hydrogen-bond acceptors (Lipinski definition) is 4. The van der Waals surface area contributed by atoms with E-state index in [1.54, 1.807) is 26.0 Å². The average Bonchev–Trinajstić information content (AvgIpc) is 2.94. The van der Waals surface area contributed by atoms with E-state index in [4.69, 9.17) is 0 Å². The Morgan fingerprint density at radius 2 is 0.778 bits per heavy atom. The summed E-state index contributed by atoms with van der Waals surface area (Å²) in [5.74, 6) is 0.975. The molecule has 0 rings (SSSR count). The molecule has 0 saturated carbocycles. The minimum absolute atomic E-state index is 0.255. The van der Waals surface area contributed by atoms with Crippen molar-refractivity contribution < 1.29 is 9.85 Å². The van der Waals surface area contributed by atoms with Gasteiger partial charge in [-0.3, -0.25) is 20.2 Å². The van der Waals surface area contributed by atoms with E-state index in [0.717, 1.165) is 77.0 Å². The fraction of sp³-hybridized carbons (Fsp3) is 0.641. The van der Waals surface area contributed by atoms with Crippen LogP contribution in [0.25, 0.3) is 0 Å². The van der Waals surface area contributed by atoms with Gasteiger partial charge in [0.2, 0.25) is 11.4 Å². The molecule has 2 unspecified atom stereocenters. The molecule has 6 nitrogen and oxygen atoms in total. The third-order valence-electron chi connectivity index (χ3n) is 7.73. The van der Waals surface area contributed by atoms with Crippen molar-refractivity contribution in [3.63, 3.8) is 0 Å². The summed E-state index contributed by atoms with van der Waals surface area (Å²) in [4.78, 5) is 20.4. The van der Waals surface area contributed by atoms with E-state index < -0.39 is 0 Å². The summed E-state index contributed by atoms with van der Waals surface area (Å²) in [6, 6.07) is 0. The normalized spacial score (nSPS) is 14.2. The Hall–Kier alpha value is -3.02. The van der Waals surface area contributed by atoms with Gasteiger partial charge in [-0.2, -0.15) is 0 Å². The molecule has 0 aliphatic heterocycles. The van der Waals surface area contributed by atoms with Crippen molar-refractivity contribution >= 4 is 0 Å². The van der Waals surface area contributed by atoms with Gasteiger partial charge < -0.3 is 0 Å². The molecule has 0 bridgehead atoms. The molecule has 0 aliphatic rings. The molecular formula is C39H66N2O4. The predicted molar refractivity (Wildman–Crippen MR) is 195 cm³/mol. The zero-order valence-electron chi connectivity index (χ0n) is 30.7. The van der Waals surface area contributed by atoms with Gasteiger partial charge in [0, 0.05) is 13.8 Å². The van der Waals surface area contributed by atoms with Crippen LogP contribution in [0.15, 0.2) is 81.8 Å². The average molecular weight is 627 g/mol. The zero-order valence-corrected chi connectivity index (χ0v) is 30.7. The first-order valence-electron chi connectivity index (χ1n) is 16.9. The molecule has 0 amide bonds. The lowest BCUT2D eigenvalue weighted by molar-refractivity contribution is -0.424. The van der Waals surface area contributed by atoms with E-state index in [-0.39, 0.29) is 21.2 Å². The first kappa shape index (κ1) is 44.1. The van der Waals surface area contributed by atoms with Crippen molar-refractivity contribution in [2.45, 2.75) is 153 Å². The van der Waals surface area contributed by atoms with E-state index in [2.05, 4.69) is 92.7 Å². The second-order valence-corrected chi connectivity index (χ2v) is 13.4. The van der Waals surface area contributed by atoms with Crippen LogP contribution in [0.5, 0.6) is 0 Å². The molecule has 0 aromatic rings. The van der Waals surface area contributed by atoms with Gasteiger partial charge in [-0.05, 0) is 150 Å². The molecule has 6 heteroatoms. The number of hydrogen-bond donors (Lipinski definition) is 0. The van der Waals surface area contributed by atoms with Gasteiger partial charge in [0.1, 0.15) is 0 Å². The van der Waals surface area contributed by atoms with Crippen LogP contribution in [0, 0.1) is 32.1 Å². The summed E-state index contributed by atoms with van der Waals surface area (Å²) in [5.41, 5.74) is 7.64. The van der Waals surface area contributed by atoms with E-state index in [1.165, 1.54) is 27.9 Å². The highest BCUT2D eigenvalue weighted by Crippen LogP contribution is 2.17. The summed E-state index contributed by atoms with van der Waals surface area (Å²) >= 11 is 0. The summed E-state index contributed by atoms with van der Waals surface area (Å²) < 4.78 is 0. The van der Waals surface area contributed by atoms with Gasteiger partial charge >= 0.3 is 0 Å². The van der Waals surface area contributed by atoms with Crippen LogP contribution in [0.4, 0.5) is 0 Å². The maximum atomic E-state index is 10.6. The van der Waals surface area contributed by atoms with E-state index in [9.17, 15) is 20.2 Å². The van der Waals surface area contributed by atoms with Crippen molar-refractivity contribution in [1.82, 2.24) is 0 Å². The molecule has 0 saturated heterocycles. The van der Waals surface area contributed by atoms with Crippen LogP contribution in [0.3, 0.4) is 0 Å². The molecule has 0 radical (unpaired) electrons. The van der Waals surface area contributed by atoms with E-state index >= 15 is 0 Å². The fourth-order valence-electron chi connectivity index (χ4n) is 4.39. The smallest absolute Gasteiger partial charge is 0.239 e. The largest absolute Gasteiger partial charge is 0.259 e. The van der Waals surface area contributed by atoms with Gasteiger partial charge in [-0.25, -0.2) is 0 Å². The van der Waals surface area contributed by atoms with Crippen LogP contribution in [0.2, 0.25) is 0 Å². The number of allylic oxidation sites excluding steroid dienone is 14. The molecule has 0 N–H and O–H groups in total. The molecule has 45 heavy (non-hydrogen) atoms. The maximum Gasteiger partial charge on any atom is 0.239 e. The Labute approximate surface area is 276 Å². The lowest BCUT2D eigenvalue weighted by atomic mass is 9.99. The van der Waals surface area contributed by atoms with Crippen LogP contribution in [0.1, 0.15) is 153 Å². The number of nitrogens with zero attached hydrogens (tertiary/aromatic N) is 2. The van der Waals surface area contributed by atoms with Crippen molar-refractivity contribution in [3.8, 4) is 0 Å². The Morgan fingerprint density at radius 3 is 1.07 bits per heavy atom. The Bertz CT molecular complexity index is 1080. The van der Waals surface area contributed by atoms with Crippen molar-refractivity contribution in [3.05, 3.63) is 102 Å². The molecule has 0 heterocycles. The number of rotatable bonds is 21. The molecule has 0 fully saturated rings. The fourth-order valence-corrected chi connectivity index (χ4v) is 4.39. The second-order valence-electron chi connectivity index (χ2n) is 13.4. The minimum Gasteiger partial charge on any atom is -0.259 e. The first-order chi connectivity index (χ1) is 21.0. The van der Waals surface area contributed by atoms with Crippen molar-refractivity contribution in [2.75, 3.05) is 0 Å². The molecule has 0 aliphatic carbocycles. The maximum absolute atomic E-state index is 10.6.